The van der Waals surface area contributed by atoms with Crippen LogP contribution in [0.2, 0.25) is 0 Å². The number of carboxylic acids is 1. The average Bonchev–Trinajstić information content (AvgIpc) is 3.29. The fraction of sp³-hybridized carbons (Fsp3) is 0.533. The summed E-state index contributed by atoms with van der Waals surface area (Å²) in [4.78, 5) is 15.2. The zero-order valence-corrected chi connectivity index (χ0v) is 24.2. The highest BCUT2D eigenvalue weighted by atomic mass is 16.5. The fourth-order valence-corrected chi connectivity index (χ4v) is 4.03. The summed E-state index contributed by atoms with van der Waals surface area (Å²) in [6.45, 7) is 11.4. The Bertz CT molecular complexity index is 1180. The number of aromatic nitrogens is 1. The maximum absolute atomic E-state index is 10.4. The molecule has 0 saturated heterocycles. The molecule has 1 aromatic carbocycles. The molecular formula is C30H46N4O6. The number of nitrogens with two attached hydrogens (primary N) is 1. The third-order valence-corrected chi connectivity index (χ3v) is 6.04. The Morgan fingerprint density at radius 3 is 2.52 bits per heavy atom. The lowest BCUT2D eigenvalue weighted by atomic mass is 10.1. The molecule has 1 heterocycles. The lowest BCUT2D eigenvalue weighted by Crippen LogP contribution is -2.36. The number of nitrogens with zero attached hydrogens (tertiary/aromatic N) is 2. The van der Waals surface area contributed by atoms with E-state index in [4.69, 9.17) is 34.8 Å². The number of hydrogen-bond acceptors (Lipinski definition) is 7. The van der Waals surface area contributed by atoms with E-state index in [9.17, 15) is 4.79 Å². The van der Waals surface area contributed by atoms with Gasteiger partial charge in [0.25, 0.3) is 0 Å². The van der Waals surface area contributed by atoms with Gasteiger partial charge in [0.1, 0.15) is 18.2 Å². The molecular weight excluding hydrogens is 512 g/mol. The van der Waals surface area contributed by atoms with Crippen molar-refractivity contribution >= 4 is 24.2 Å². The minimum atomic E-state index is -0.995. The topological polar surface area (TPSA) is 130 Å². The molecule has 0 aliphatic carbocycles. The van der Waals surface area contributed by atoms with Gasteiger partial charge >= 0.3 is 5.97 Å². The zero-order chi connectivity index (χ0) is 29.2. The maximum atomic E-state index is 10.4. The standard InChI is InChI=1S/C30H46N4O6/c1-5-7-8-13-32-30(33-27(31)9-6-2)29-23(3)12-14-34(29)20-25-11-10-24(19-26(25)37-4)21-39-17-15-38-16-18-40-22-28(35)36/h10-12,14,19,32H,3,5-9,13,15-18,20-22H2,1-2,4H3,(H2,31,33)(H,35,36)/b30-29+. The monoisotopic (exact) mass is 558 g/mol. The molecule has 222 valence electrons. The molecule has 2 aromatic rings. The second-order valence-corrected chi connectivity index (χ2v) is 9.41. The van der Waals surface area contributed by atoms with Crippen molar-refractivity contribution < 1.29 is 28.8 Å². The molecule has 4 N–H and O–H groups in total. The zero-order valence-electron chi connectivity index (χ0n) is 24.2. The Morgan fingerprint density at radius 1 is 1.07 bits per heavy atom. The number of carbonyl (C=O) groups is 1. The van der Waals surface area contributed by atoms with Gasteiger partial charge in [0.2, 0.25) is 0 Å². The summed E-state index contributed by atoms with van der Waals surface area (Å²) in [5.41, 5.74) is 8.23. The van der Waals surface area contributed by atoms with Crippen LogP contribution in [-0.4, -0.2) is 68.2 Å². The molecule has 0 aliphatic heterocycles. The fourth-order valence-electron chi connectivity index (χ4n) is 4.03. The van der Waals surface area contributed by atoms with Crippen molar-refractivity contribution in [1.82, 2.24) is 9.88 Å². The first kappa shape index (κ1) is 32.9. The number of nitrogens with one attached hydrogen (secondary N) is 1. The molecule has 1 aromatic heterocycles. The number of methoxy groups -OCH3 is 1. The molecule has 0 radical (unpaired) electrons. The highest BCUT2D eigenvalue weighted by Crippen LogP contribution is 2.21. The first-order chi connectivity index (χ1) is 19.4. The number of ether oxygens (including phenoxy) is 4. The van der Waals surface area contributed by atoms with Crippen LogP contribution in [0.1, 0.15) is 57.1 Å². The number of aliphatic carboxylic acids is 1. The van der Waals surface area contributed by atoms with Crippen molar-refractivity contribution in [3.63, 3.8) is 0 Å². The number of amidine groups is 1. The summed E-state index contributed by atoms with van der Waals surface area (Å²) in [5, 5.41) is 13.8. The van der Waals surface area contributed by atoms with Crippen LogP contribution in [0, 0.1) is 0 Å². The van der Waals surface area contributed by atoms with Gasteiger partial charge in [-0.3, -0.25) is 0 Å². The maximum Gasteiger partial charge on any atom is 0.329 e. The van der Waals surface area contributed by atoms with Crippen LogP contribution in [0.5, 0.6) is 5.75 Å². The predicted molar refractivity (Wildman–Crippen MR) is 158 cm³/mol. The van der Waals surface area contributed by atoms with E-state index in [2.05, 4.69) is 30.3 Å². The van der Waals surface area contributed by atoms with Crippen molar-refractivity contribution in [3.05, 3.63) is 52.2 Å². The van der Waals surface area contributed by atoms with Gasteiger partial charge in [-0.25, -0.2) is 9.79 Å². The van der Waals surface area contributed by atoms with Crippen molar-refractivity contribution in [2.45, 2.75) is 59.1 Å². The van der Waals surface area contributed by atoms with Crippen LogP contribution in [0.4, 0.5) is 0 Å². The molecule has 10 nitrogen and oxygen atoms in total. The molecule has 2 rings (SSSR count). The second kappa shape index (κ2) is 18.9. The van der Waals surface area contributed by atoms with Crippen LogP contribution >= 0.6 is 0 Å². The van der Waals surface area contributed by atoms with Gasteiger partial charge < -0.3 is 39.7 Å². The van der Waals surface area contributed by atoms with E-state index in [-0.39, 0.29) is 13.2 Å². The van der Waals surface area contributed by atoms with Gasteiger partial charge in [-0.1, -0.05) is 45.4 Å². The highest BCUT2D eigenvalue weighted by molar-refractivity contribution is 5.83. The van der Waals surface area contributed by atoms with Crippen molar-refractivity contribution in [1.29, 1.82) is 0 Å². The number of hydrogen-bond donors (Lipinski definition) is 3. The predicted octanol–water partition coefficient (Wildman–Crippen LogP) is 2.59. The van der Waals surface area contributed by atoms with Gasteiger partial charge in [0.15, 0.2) is 5.82 Å². The lowest BCUT2D eigenvalue weighted by molar-refractivity contribution is -0.142. The molecule has 0 aliphatic rings. The van der Waals surface area contributed by atoms with Crippen LogP contribution in [0.15, 0.2) is 35.5 Å². The second-order valence-electron chi connectivity index (χ2n) is 9.41. The largest absolute Gasteiger partial charge is 0.496 e. The van der Waals surface area contributed by atoms with E-state index >= 15 is 0 Å². The van der Waals surface area contributed by atoms with Crippen molar-refractivity contribution in [2.75, 3.05) is 46.7 Å². The van der Waals surface area contributed by atoms with E-state index in [0.29, 0.717) is 38.8 Å². The van der Waals surface area contributed by atoms with Gasteiger partial charge in [-0.15, -0.1) is 0 Å². The molecule has 0 bridgehead atoms. The smallest absolute Gasteiger partial charge is 0.329 e. The van der Waals surface area contributed by atoms with Crippen LogP contribution in [0.3, 0.4) is 0 Å². The molecule has 0 fully saturated rings. The molecule has 0 saturated carbocycles. The Labute approximate surface area is 237 Å². The minimum absolute atomic E-state index is 0.232. The summed E-state index contributed by atoms with van der Waals surface area (Å²) in [6, 6.07) is 8.04. The van der Waals surface area contributed by atoms with Gasteiger partial charge in [-0.05, 0) is 35.8 Å². The van der Waals surface area contributed by atoms with Crippen LogP contribution in [-0.2, 0) is 32.2 Å². The third-order valence-electron chi connectivity index (χ3n) is 6.04. The minimum Gasteiger partial charge on any atom is -0.496 e. The average molecular weight is 559 g/mol. The number of unbranched alkanes of at least 4 members (excludes halogenated alkanes) is 2. The number of rotatable bonds is 21. The van der Waals surface area contributed by atoms with Gasteiger partial charge in [0.05, 0.1) is 52.0 Å². The molecule has 0 atom stereocenters. The normalized spacial score (nSPS) is 12.4. The Morgan fingerprint density at radius 2 is 1.82 bits per heavy atom. The van der Waals surface area contributed by atoms with E-state index in [1.165, 1.54) is 0 Å². The molecule has 0 spiro atoms. The lowest BCUT2D eigenvalue weighted by Gasteiger charge is -2.14. The quantitative estimate of drug-likeness (QED) is 0.121. The van der Waals surface area contributed by atoms with Gasteiger partial charge in [-0.2, -0.15) is 0 Å². The van der Waals surface area contributed by atoms with Gasteiger partial charge in [0, 0.05) is 24.7 Å². The molecule has 10 heteroatoms. The molecule has 0 unspecified atom stereocenters. The first-order valence-electron chi connectivity index (χ1n) is 14.0. The van der Waals surface area contributed by atoms with E-state index in [1.807, 2.05) is 30.5 Å². The Hall–Kier alpha value is -3.34. The summed E-state index contributed by atoms with van der Waals surface area (Å²) in [7, 11) is 1.66. The Balaban J connectivity index is 2.09. The Kier molecular flexibility index (Phi) is 15.5. The molecule has 40 heavy (non-hydrogen) atoms. The molecule has 0 amide bonds. The number of carboxylic acid groups (broad SMARTS) is 1. The van der Waals surface area contributed by atoms with Crippen LogP contribution < -0.4 is 26.4 Å². The van der Waals surface area contributed by atoms with E-state index in [1.54, 1.807) is 7.11 Å². The SMILES string of the molecule is C=c1ccn(Cc2ccc(COCCOCCOCC(=O)O)cc2OC)/c1=C(/N=C(/N)CCC)NCCCCC. The van der Waals surface area contributed by atoms with E-state index < -0.39 is 5.97 Å². The number of aliphatic imine (C=N–C) groups is 1. The first-order valence-corrected chi connectivity index (χ1v) is 14.0. The number of benzene rings is 1. The highest BCUT2D eigenvalue weighted by Gasteiger charge is 2.10. The summed E-state index contributed by atoms with van der Waals surface area (Å²) >= 11 is 0. The van der Waals surface area contributed by atoms with Crippen molar-refractivity contribution in [3.8, 4) is 5.75 Å². The van der Waals surface area contributed by atoms with Crippen molar-refractivity contribution in [2.24, 2.45) is 10.7 Å². The summed E-state index contributed by atoms with van der Waals surface area (Å²) in [5.74, 6) is 1.12. The summed E-state index contributed by atoms with van der Waals surface area (Å²) < 4.78 is 23.9. The van der Waals surface area contributed by atoms with Crippen LogP contribution in [0.25, 0.3) is 12.4 Å². The summed E-state index contributed by atoms with van der Waals surface area (Å²) in [6.07, 6.45) is 7.03. The third kappa shape index (κ3) is 11.8. The van der Waals surface area contributed by atoms with E-state index in [0.717, 1.165) is 71.9 Å².